The molecule has 14 heteroatoms. The van der Waals surface area contributed by atoms with Crippen LogP contribution in [0.5, 0.6) is 11.5 Å². The van der Waals surface area contributed by atoms with Gasteiger partial charge < -0.3 is 18.9 Å². The zero-order chi connectivity index (χ0) is 31.8. The summed E-state index contributed by atoms with van der Waals surface area (Å²) in [6.45, 7) is 6.04. The third-order valence-electron chi connectivity index (χ3n) is 6.53. The molecule has 3 rings (SSSR count). The van der Waals surface area contributed by atoms with Crippen molar-refractivity contribution in [3.05, 3.63) is 52.6 Å². The van der Waals surface area contributed by atoms with Crippen LogP contribution in [0.15, 0.2) is 30.3 Å². The van der Waals surface area contributed by atoms with Gasteiger partial charge in [-0.25, -0.2) is 9.59 Å². The molecule has 2 atom stereocenters. The lowest BCUT2D eigenvalue weighted by Crippen LogP contribution is -2.49. The smallest absolute Gasteiger partial charge is 0.416 e. The Bertz CT molecular complexity index is 1290. The van der Waals surface area contributed by atoms with Gasteiger partial charge in [-0.2, -0.15) is 26.3 Å². The number of hydrogen-bond donors (Lipinski definition) is 0. The number of carbonyl (C=O) groups is 2. The third-order valence-corrected chi connectivity index (χ3v) is 6.53. The molecule has 0 saturated carbocycles. The number of amides is 2. The Balaban J connectivity index is 2.21. The van der Waals surface area contributed by atoms with Crippen LogP contribution in [0, 0.1) is 0 Å². The Kier molecular flexibility index (Phi) is 9.18. The number of nitrogens with zero attached hydrogens (tertiary/aromatic N) is 2. The standard InChI is InChI=1S/C28H32F6N2O6/c1-15-8-20(19-12-22(39-5)23(40-6)13-21(19)36(15)25(38)42-26(2,3)4)35(24(37)41-7)14-16-9-17(27(29,30)31)11-18(10-16)28(32,33)34/h9-13,15,20H,8,14H2,1-7H3. The van der Waals surface area contributed by atoms with E-state index >= 15 is 0 Å². The lowest BCUT2D eigenvalue weighted by atomic mass is 9.90. The van der Waals surface area contributed by atoms with Crippen molar-refractivity contribution in [1.82, 2.24) is 4.90 Å². The summed E-state index contributed by atoms with van der Waals surface area (Å²) in [4.78, 5) is 28.7. The summed E-state index contributed by atoms with van der Waals surface area (Å²) in [7, 11) is 3.77. The van der Waals surface area contributed by atoms with E-state index in [4.69, 9.17) is 18.9 Å². The topological polar surface area (TPSA) is 77.5 Å². The molecule has 2 aromatic carbocycles. The van der Waals surface area contributed by atoms with E-state index in [-0.39, 0.29) is 29.7 Å². The number of rotatable bonds is 5. The highest BCUT2D eigenvalue weighted by atomic mass is 19.4. The van der Waals surface area contributed by atoms with Crippen molar-refractivity contribution in [1.29, 1.82) is 0 Å². The molecule has 0 spiro atoms. The largest absolute Gasteiger partial charge is 0.493 e. The quantitative estimate of drug-likeness (QED) is 0.327. The number of fused-ring (bicyclic) bond motifs is 1. The molecule has 0 fully saturated rings. The van der Waals surface area contributed by atoms with Crippen molar-refractivity contribution in [3.8, 4) is 11.5 Å². The Labute approximate surface area is 239 Å². The Morgan fingerprint density at radius 2 is 1.40 bits per heavy atom. The van der Waals surface area contributed by atoms with Gasteiger partial charge in [0.05, 0.1) is 44.2 Å². The van der Waals surface area contributed by atoms with Gasteiger partial charge in [0.25, 0.3) is 0 Å². The molecular formula is C28H32F6N2O6. The van der Waals surface area contributed by atoms with E-state index in [1.807, 2.05) is 0 Å². The molecule has 0 saturated heterocycles. The minimum atomic E-state index is -5.07. The first-order valence-electron chi connectivity index (χ1n) is 12.7. The van der Waals surface area contributed by atoms with Gasteiger partial charge in [-0.3, -0.25) is 9.80 Å². The van der Waals surface area contributed by atoms with Crippen LogP contribution in [-0.4, -0.2) is 50.1 Å². The number of benzene rings is 2. The van der Waals surface area contributed by atoms with Crippen molar-refractivity contribution in [3.63, 3.8) is 0 Å². The van der Waals surface area contributed by atoms with Crippen LogP contribution in [0.2, 0.25) is 0 Å². The predicted molar refractivity (Wildman–Crippen MR) is 139 cm³/mol. The van der Waals surface area contributed by atoms with E-state index in [2.05, 4.69) is 0 Å². The molecule has 1 aliphatic heterocycles. The van der Waals surface area contributed by atoms with Crippen LogP contribution in [0.3, 0.4) is 0 Å². The van der Waals surface area contributed by atoms with Gasteiger partial charge in [0.2, 0.25) is 0 Å². The molecule has 8 nitrogen and oxygen atoms in total. The zero-order valence-corrected chi connectivity index (χ0v) is 24.1. The highest BCUT2D eigenvalue weighted by molar-refractivity contribution is 5.91. The molecule has 2 aromatic rings. The van der Waals surface area contributed by atoms with Crippen molar-refractivity contribution in [2.24, 2.45) is 0 Å². The van der Waals surface area contributed by atoms with Crippen LogP contribution < -0.4 is 14.4 Å². The number of hydrogen-bond acceptors (Lipinski definition) is 6. The zero-order valence-electron chi connectivity index (χ0n) is 24.1. The van der Waals surface area contributed by atoms with E-state index in [0.29, 0.717) is 17.7 Å². The molecule has 0 bridgehead atoms. The summed E-state index contributed by atoms with van der Waals surface area (Å²) < 4.78 is 103. The minimum absolute atomic E-state index is 0.0137. The Morgan fingerprint density at radius 1 is 0.881 bits per heavy atom. The van der Waals surface area contributed by atoms with Crippen molar-refractivity contribution < 1.29 is 54.9 Å². The van der Waals surface area contributed by atoms with E-state index < -0.39 is 65.5 Å². The second-order valence-electron chi connectivity index (χ2n) is 10.7. The maximum Gasteiger partial charge on any atom is 0.416 e. The fraction of sp³-hybridized carbons (Fsp3) is 0.500. The predicted octanol–water partition coefficient (Wildman–Crippen LogP) is 7.58. The second-order valence-corrected chi connectivity index (χ2v) is 10.7. The third kappa shape index (κ3) is 7.13. The molecule has 0 aliphatic carbocycles. The maximum absolute atomic E-state index is 13.5. The average molecular weight is 607 g/mol. The molecule has 2 amide bonds. The monoisotopic (exact) mass is 606 g/mol. The second kappa shape index (κ2) is 11.8. The van der Waals surface area contributed by atoms with E-state index in [1.54, 1.807) is 27.7 Å². The van der Waals surface area contributed by atoms with Crippen LogP contribution in [0.4, 0.5) is 41.6 Å². The number of carbonyl (C=O) groups excluding carboxylic acids is 2. The number of halogens is 6. The van der Waals surface area contributed by atoms with Crippen LogP contribution in [0.1, 0.15) is 62.4 Å². The molecule has 0 aromatic heterocycles. The number of anilines is 1. The fourth-order valence-corrected chi connectivity index (χ4v) is 4.76. The summed E-state index contributed by atoms with van der Waals surface area (Å²) in [5.74, 6) is 0.443. The Hall–Kier alpha value is -3.84. The molecule has 0 N–H and O–H groups in total. The molecule has 1 aliphatic rings. The molecule has 1 heterocycles. The molecule has 0 radical (unpaired) electrons. The van der Waals surface area contributed by atoms with E-state index in [1.165, 1.54) is 31.3 Å². The van der Waals surface area contributed by atoms with Gasteiger partial charge in [0.1, 0.15) is 5.60 Å². The first-order chi connectivity index (χ1) is 19.3. The van der Waals surface area contributed by atoms with E-state index in [0.717, 1.165) is 12.0 Å². The highest BCUT2D eigenvalue weighted by Crippen LogP contribution is 2.47. The molecule has 2 unspecified atom stereocenters. The summed E-state index contributed by atoms with van der Waals surface area (Å²) in [6.07, 6.45) is -11.8. The van der Waals surface area contributed by atoms with Gasteiger partial charge in [-0.05, 0) is 63.9 Å². The summed E-state index contributed by atoms with van der Waals surface area (Å²) in [5, 5.41) is 0. The number of alkyl halides is 6. The lowest BCUT2D eigenvalue weighted by Gasteiger charge is -2.43. The van der Waals surface area contributed by atoms with Crippen LogP contribution in [-0.2, 0) is 28.4 Å². The number of ether oxygens (including phenoxy) is 4. The van der Waals surface area contributed by atoms with Crippen LogP contribution >= 0.6 is 0 Å². The first-order valence-corrected chi connectivity index (χ1v) is 12.7. The normalized spacial score (nSPS) is 17.3. The minimum Gasteiger partial charge on any atom is -0.493 e. The Morgan fingerprint density at radius 3 is 1.86 bits per heavy atom. The maximum atomic E-state index is 13.5. The van der Waals surface area contributed by atoms with Gasteiger partial charge in [-0.1, -0.05) is 0 Å². The van der Waals surface area contributed by atoms with Crippen molar-refractivity contribution in [2.75, 3.05) is 26.2 Å². The van der Waals surface area contributed by atoms with Crippen molar-refractivity contribution in [2.45, 2.75) is 70.7 Å². The van der Waals surface area contributed by atoms with E-state index in [9.17, 15) is 35.9 Å². The molecular weight excluding hydrogens is 574 g/mol. The molecule has 42 heavy (non-hydrogen) atoms. The first kappa shape index (κ1) is 32.7. The van der Waals surface area contributed by atoms with Crippen LogP contribution in [0.25, 0.3) is 0 Å². The van der Waals surface area contributed by atoms with Gasteiger partial charge in [-0.15, -0.1) is 0 Å². The summed E-state index contributed by atoms with van der Waals surface area (Å²) in [5.41, 5.74) is -3.76. The van der Waals surface area contributed by atoms with Gasteiger partial charge in [0, 0.05) is 24.2 Å². The summed E-state index contributed by atoms with van der Waals surface area (Å²) >= 11 is 0. The fourth-order valence-electron chi connectivity index (χ4n) is 4.76. The van der Waals surface area contributed by atoms with Gasteiger partial charge in [0.15, 0.2) is 11.5 Å². The highest BCUT2D eigenvalue weighted by Gasteiger charge is 2.42. The van der Waals surface area contributed by atoms with Crippen molar-refractivity contribution >= 4 is 17.9 Å². The van der Waals surface area contributed by atoms with Gasteiger partial charge >= 0.3 is 24.5 Å². The molecule has 232 valence electrons. The average Bonchev–Trinajstić information content (AvgIpc) is 2.87. The lowest BCUT2D eigenvalue weighted by molar-refractivity contribution is -0.143. The number of methoxy groups -OCH3 is 3. The summed E-state index contributed by atoms with van der Waals surface area (Å²) in [6, 6.07) is 2.49. The SMILES string of the molecule is COC(=O)N(Cc1cc(C(F)(F)F)cc(C(F)(F)F)c1)C1CC(C)N(C(=O)OC(C)(C)C)c2cc(OC)c(OC)cc21.